The van der Waals surface area contributed by atoms with Gasteiger partial charge in [-0.15, -0.1) is 6.58 Å². The molecule has 1 heterocycles. The molecule has 0 fully saturated rings. The van der Waals surface area contributed by atoms with Crippen molar-refractivity contribution in [3.8, 4) is 11.5 Å². The van der Waals surface area contributed by atoms with E-state index in [-0.39, 0.29) is 12.4 Å². The summed E-state index contributed by atoms with van der Waals surface area (Å²) >= 11 is 0. The first-order valence-corrected chi connectivity index (χ1v) is 5.24. The lowest BCUT2D eigenvalue weighted by Gasteiger charge is -2.06. The van der Waals surface area contributed by atoms with E-state index in [1.807, 2.05) is 6.92 Å². The standard InChI is InChI=1S/C13H14O3/c1-9(2)5-6-15-10-3-4-11-12(14)8-16-13(11)7-10/h3-4,7H,1,5-6,8H2,2H3. The molecule has 0 atom stereocenters. The number of carbonyl (C=O) groups is 1. The number of hydrogen-bond donors (Lipinski definition) is 0. The predicted molar refractivity (Wildman–Crippen MR) is 61.2 cm³/mol. The van der Waals surface area contributed by atoms with Gasteiger partial charge in [-0.2, -0.15) is 0 Å². The van der Waals surface area contributed by atoms with Gasteiger partial charge in [0.05, 0.1) is 12.2 Å². The number of ether oxygens (including phenoxy) is 2. The van der Waals surface area contributed by atoms with Crippen LogP contribution in [0.5, 0.6) is 11.5 Å². The molecule has 0 spiro atoms. The van der Waals surface area contributed by atoms with Gasteiger partial charge in [0.2, 0.25) is 5.78 Å². The molecule has 2 rings (SSSR count). The fourth-order valence-corrected chi connectivity index (χ4v) is 1.51. The summed E-state index contributed by atoms with van der Waals surface area (Å²) in [6.45, 7) is 6.51. The molecule has 0 radical (unpaired) electrons. The number of fused-ring (bicyclic) bond motifs is 1. The van der Waals surface area contributed by atoms with Gasteiger partial charge in [0, 0.05) is 12.5 Å². The van der Waals surface area contributed by atoms with E-state index < -0.39 is 0 Å². The molecule has 1 aliphatic heterocycles. The minimum atomic E-state index is 0.0310. The molecular formula is C13H14O3. The molecule has 1 aromatic rings. The van der Waals surface area contributed by atoms with Gasteiger partial charge in [-0.3, -0.25) is 4.79 Å². The Balaban J connectivity index is 2.02. The first-order valence-electron chi connectivity index (χ1n) is 5.24. The average molecular weight is 218 g/mol. The van der Waals surface area contributed by atoms with E-state index in [1.54, 1.807) is 18.2 Å². The minimum Gasteiger partial charge on any atom is -0.493 e. The van der Waals surface area contributed by atoms with Gasteiger partial charge in [-0.25, -0.2) is 0 Å². The van der Waals surface area contributed by atoms with Crippen molar-refractivity contribution < 1.29 is 14.3 Å². The van der Waals surface area contributed by atoms with E-state index in [2.05, 4.69) is 6.58 Å². The molecular weight excluding hydrogens is 204 g/mol. The molecule has 0 aromatic heterocycles. The second kappa shape index (κ2) is 4.39. The van der Waals surface area contributed by atoms with Crippen LogP contribution in [0.2, 0.25) is 0 Å². The third-order valence-electron chi connectivity index (χ3n) is 2.41. The number of rotatable bonds is 4. The van der Waals surface area contributed by atoms with Crippen molar-refractivity contribution in [2.24, 2.45) is 0 Å². The molecule has 0 amide bonds. The van der Waals surface area contributed by atoms with Gasteiger partial charge >= 0.3 is 0 Å². The Morgan fingerprint density at radius 1 is 1.56 bits per heavy atom. The molecule has 0 aliphatic carbocycles. The normalized spacial score (nSPS) is 13.2. The molecule has 1 aliphatic rings. The maximum Gasteiger partial charge on any atom is 0.203 e. The summed E-state index contributed by atoms with van der Waals surface area (Å²) in [6.07, 6.45) is 0.830. The van der Waals surface area contributed by atoms with Crippen LogP contribution in [-0.2, 0) is 0 Å². The van der Waals surface area contributed by atoms with Crippen LogP contribution in [0.25, 0.3) is 0 Å². The lowest BCUT2D eigenvalue weighted by molar-refractivity contribution is 0.0961. The van der Waals surface area contributed by atoms with Crippen LogP contribution in [0.4, 0.5) is 0 Å². The van der Waals surface area contributed by atoms with Crippen molar-refractivity contribution in [3.05, 3.63) is 35.9 Å². The van der Waals surface area contributed by atoms with Crippen molar-refractivity contribution in [2.75, 3.05) is 13.2 Å². The second-order valence-corrected chi connectivity index (χ2v) is 3.93. The van der Waals surface area contributed by atoms with Crippen LogP contribution in [0, 0.1) is 0 Å². The Labute approximate surface area is 94.7 Å². The lowest BCUT2D eigenvalue weighted by Crippen LogP contribution is -1.98. The summed E-state index contributed by atoms with van der Waals surface area (Å²) in [5, 5.41) is 0. The van der Waals surface area contributed by atoms with Crippen molar-refractivity contribution in [1.29, 1.82) is 0 Å². The lowest BCUT2D eigenvalue weighted by atomic mass is 10.1. The van der Waals surface area contributed by atoms with Crippen LogP contribution in [0.3, 0.4) is 0 Å². The third-order valence-corrected chi connectivity index (χ3v) is 2.41. The molecule has 0 bridgehead atoms. The Morgan fingerprint density at radius 2 is 2.38 bits per heavy atom. The van der Waals surface area contributed by atoms with Crippen LogP contribution in [0.15, 0.2) is 30.4 Å². The zero-order valence-corrected chi connectivity index (χ0v) is 9.29. The quantitative estimate of drug-likeness (QED) is 0.729. The second-order valence-electron chi connectivity index (χ2n) is 3.93. The molecule has 84 valence electrons. The molecule has 16 heavy (non-hydrogen) atoms. The Kier molecular flexibility index (Phi) is 2.95. The Bertz CT molecular complexity index is 435. The molecule has 0 N–H and O–H groups in total. The van der Waals surface area contributed by atoms with Gasteiger partial charge in [0.25, 0.3) is 0 Å². The highest BCUT2D eigenvalue weighted by Gasteiger charge is 2.21. The Hall–Kier alpha value is -1.77. The number of benzene rings is 1. The van der Waals surface area contributed by atoms with Crippen molar-refractivity contribution in [2.45, 2.75) is 13.3 Å². The fourth-order valence-electron chi connectivity index (χ4n) is 1.51. The van der Waals surface area contributed by atoms with Crippen molar-refractivity contribution in [3.63, 3.8) is 0 Å². The summed E-state index contributed by atoms with van der Waals surface area (Å²) in [4.78, 5) is 11.3. The monoisotopic (exact) mass is 218 g/mol. The van der Waals surface area contributed by atoms with Crippen molar-refractivity contribution in [1.82, 2.24) is 0 Å². The maximum absolute atomic E-state index is 11.3. The number of ketones is 1. The largest absolute Gasteiger partial charge is 0.493 e. The molecule has 3 heteroatoms. The highest BCUT2D eigenvalue weighted by atomic mass is 16.5. The first kappa shape index (κ1) is 10.7. The summed E-state index contributed by atoms with van der Waals surface area (Å²) in [6, 6.07) is 5.31. The first-order chi connectivity index (χ1) is 7.66. The zero-order valence-electron chi connectivity index (χ0n) is 9.29. The van der Waals surface area contributed by atoms with E-state index in [0.717, 1.165) is 17.7 Å². The van der Waals surface area contributed by atoms with Gasteiger partial charge in [0.1, 0.15) is 11.5 Å². The molecule has 0 unspecified atom stereocenters. The van der Waals surface area contributed by atoms with Gasteiger partial charge < -0.3 is 9.47 Å². The third kappa shape index (κ3) is 2.24. The molecule has 0 saturated heterocycles. The smallest absolute Gasteiger partial charge is 0.203 e. The summed E-state index contributed by atoms with van der Waals surface area (Å²) in [5.41, 5.74) is 1.74. The maximum atomic E-state index is 11.3. The summed E-state index contributed by atoms with van der Waals surface area (Å²) < 4.78 is 10.8. The van der Waals surface area contributed by atoms with E-state index in [4.69, 9.17) is 9.47 Å². The van der Waals surface area contributed by atoms with E-state index >= 15 is 0 Å². The molecule has 0 saturated carbocycles. The summed E-state index contributed by atoms with van der Waals surface area (Å²) in [7, 11) is 0. The van der Waals surface area contributed by atoms with Crippen LogP contribution >= 0.6 is 0 Å². The topological polar surface area (TPSA) is 35.5 Å². The minimum absolute atomic E-state index is 0.0310. The summed E-state index contributed by atoms with van der Waals surface area (Å²) in [5.74, 6) is 1.39. The van der Waals surface area contributed by atoms with E-state index in [1.165, 1.54) is 0 Å². The highest BCUT2D eigenvalue weighted by Crippen LogP contribution is 2.29. The van der Waals surface area contributed by atoms with Gasteiger partial charge in [0.15, 0.2) is 6.61 Å². The van der Waals surface area contributed by atoms with Crippen LogP contribution in [-0.4, -0.2) is 19.0 Å². The number of Topliss-reactive ketones (excluding diaryl/α,β-unsaturated/α-hetero) is 1. The predicted octanol–water partition coefficient (Wildman–Crippen LogP) is 2.61. The molecule has 1 aromatic carbocycles. The van der Waals surface area contributed by atoms with Gasteiger partial charge in [-0.05, 0) is 19.1 Å². The van der Waals surface area contributed by atoms with Crippen LogP contribution in [0.1, 0.15) is 23.7 Å². The molecule has 3 nitrogen and oxygen atoms in total. The Morgan fingerprint density at radius 3 is 3.12 bits per heavy atom. The number of carbonyl (C=O) groups excluding carboxylic acids is 1. The highest BCUT2D eigenvalue weighted by molar-refractivity contribution is 6.02. The number of hydrogen-bond acceptors (Lipinski definition) is 3. The average Bonchev–Trinajstić information content (AvgIpc) is 2.60. The SMILES string of the molecule is C=C(C)CCOc1ccc2c(c1)OCC2=O. The fraction of sp³-hybridized carbons (Fsp3) is 0.308. The van der Waals surface area contributed by atoms with E-state index in [9.17, 15) is 4.79 Å². The van der Waals surface area contributed by atoms with Crippen LogP contribution < -0.4 is 9.47 Å². The van der Waals surface area contributed by atoms with Gasteiger partial charge in [-0.1, -0.05) is 5.57 Å². The van der Waals surface area contributed by atoms with Crippen molar-refractivity contribution >= 4 is 5.78 Å². The zero-order chi connectivity index (χ0) is 11.5. The van der Waals surface area contributed by atoms with E-state index in [0.29, 0.717) is 17.9 Å².